The summed E-state index contributed by atoms with van der Waals surface area (Å²) in [6.45, 7) is 4.34. The second-order valence-electron chi connectivity index (χ2n) is 8.17. The van der Waals surface area contributed by atoms with Gasteiger partial charge in [0, 0.05) is 12.1 Å². The van der Waals surface area contributed by atoms with Crippen LogP contribution in [0.3, 0.4) is 0 Å². The molecule has 3 amide bonds. The van der Waals surface area contributed by atoms with Gasteiger partial charge in [0.25, 0.3) is 11.8 Å². The summed E-state index contributed by atoms with van der Waals surface area (Å²) in [5.74, 6) is -4.37. The molecular formula is C21H27N3O8. The van der Waals surface area contributed by atoms with Crippen LogP contribution in [0.15, 0.2) is 30.3 Å². The first-order valence-electron chi connectivity index (χ1n) is 9.99. The number of aliphatic hydroxyl groups excluding tert-OH is 1. The highest BCUT2D eigenvalue weighted by Crippen LogP contribution is 2.22. The Bertz CT molecular complexity index is 879. The van der Waals surface area contributed by atoms with Crippen LogP contribution < -0.4 is 5.73 Å². The number of nitrogens with zero attached hydrogens (tertiary/aromatic N) is 2. The molecule has 2 atom stereocenters. The van der Waals surface area contributed by atoms with Crippen LogP contribution in [0.1, 0.15) is 44.0 Å². The van der Waals surface area contributed by atoms with Crippen LogP contribution in [0.5, 0.6) is 0 Å². The van der Waals surface area contributed by atoms with E-state index in [1.165, 1.54) is 17.0 Å². The quantitative estimate of drug-likeness (QED) is 0.369. The first-order valence-corrected chi connectivity index (χ1v) is 9.99. The van der Waals surface area contributed by atoms with Gasteiger partial charge in [0.05, 0.1) is 0 Å². The lowest BCUT2D eigenvalue weighted by atomic mass is 10.2. The standard InChI is InChI=1S/C21H27N3O8/c1-21(2,3)32-20(30)23-11-7-10-14(23)19(29)31-15(25)12-24(18(28)16(22)26)17(27)13-8-5-4-6-9-13/h4-6,8-9,14,16,26H,7,10-12,22H2,1-3H3/t14-,16?/m0/s1. The fourth-order valence-corrected chi connectivity index (χ4v) is 3.04. The van der Waals surface area contributed by atoms with Crippen molar-refractivity contribution in [3.05, 3.63) is 35.9 Å². The molecule has 1 heterocycles. The van der Waals surface area contributed by atoms with E-state index in [2.05, 4.69) is 0 Å². The van der Waals surface area contributed by atoms with E-state index in [1.807, 2.05) is 0 Å². The summed E-state index contributed by atoms with van der Waals surface area (Å²) >= 11 is 0. The molecule has 1 aliphatic heterocycles. The van der Waals surface area contributed by atoms with Crippen molar-refractivity contribution >= 4 is 29.8 Å². The highest BCUT2D eigenvalue weighted by Gasteiger charge is 2.39. The zero-order valence-corrected chi connectivity index (χ0v) is 18.1. The smallest absolute Gasteiger partial charge is 0.411 e. The van der Waals surface area contributed by atoms with Crippen LogP contribution in [0.4, 0.5) is 4.79 Å². The molecule has 1 saturated heterocycles. The number of aliphatic hydroxyl groups is 1. The molecule has 0 spiro atoms. The van der Waals surface area contributed by atoms with Crippen molar-refractivity contribution in [3.63, 3.8) is 0 Å². The lowest BCUT2D eigenvalue weighted by Gasteiger charge is -2.27. The van der Waals surface area contributed by atoms with Gasteiger partial charge < -0.3 is 14.6 Å². The highest BCUT2D eigenvalue weighted by atomic mass is 16.6. The molecule has 0 aromatic heterocycles. The van der Waals surface area contributed by atoms with E-state index in [-0.39, 0.29) is 18.5 Å². The Kier molecular flexibility index (Phi) is 8.06. The molecule has 0 radical (unpaired) electrons. The van der Waals surface area contributed by atoms with Gasteiger partial charge in [0.1, 0.15) is 18.2 Å². The third-order valence-corrected chi connectivity index (χ3v) is 4.44. The Morgan fingerprint density at radius 3 is 2.38 bits per heavy atom. The summed E-state index contributed by atoms with van der Waals surface area (Å²) < 4.78 is 10.1. The average molecular weight is 449 g/mol. The van der Waals surface area contributed by atoms with Crippen LogP contribution >= 0.6 is 0 Å². The lowest BCUT2D eigenvalue weighted by Crippen LogP contribution is -2.50. The molecule has 0 saturated carbocycles. The minimum absolute atomic E-state index is 0.0625. The van der Waals surface area contributed by atoms with E-state index in [0.29, 0.717) is 11.3 Å². The molecule has 0 aliphatic carbocycles. The van der Waals surface area contributed by atoms with E-state index < -0.39 is 54.3 Å². The summed E-state index contributed by atoms with van der Waals surface area (Å²) in [7, 11) is 0. The summed E-state index contributed by atoms with van der Waals surface area (Å²) in [5, 5.41) is 9.40. The second kappa shape index (κ2) is 10.3. The predicted molar refractivity (Wildman–Crippen MR) is 110 cm³/mol. The summed E-state index contributed by atoms with van der Waals surface area (Å²) in [6.07, 6.45) is -2.00. The third kappa shape index (κ3) is 6.59. The zero-order chi connectivity index (χ0) is 24.1. The molecule has 1 fully saturated rings. The summed E-state index contributed by atoms with van der Waals surface area (Å²) in [5.41, 5.74) is 4.46. The average Bonchev–Trinajstić information content (AvgIpc) is 3.20. The molecule has 0 bridgehead atoms. The third-order valence-electron chi connectivity index (χ3n) is 4.44. The van der Waals surface area contributed by atoms with Crippen molar-refractivity contribution in [1.82, 2.24) is 9.80 Å². The van der Waals surface area contributed by atoms with Crippen LogP contribution in [0, 0.1) is 0 Å². The van der Waals surface area contributed by atoms with Gasteiger partial charge >= 0.3 is 18.0 Å². The first kappa shape index (κ1) is 25.0. The van der Waals surface area contributed by atoms with Crippen molar-refractivity contribution in [2.75, 3.05) is 13.1 Å². The summed E-state index contributed by atoms with van der Waals surface area (Å²) in [6, 6.07) is 6.50. The van der Waals surface area contributed by atoms with Crippen molar-refractivity contribution in [2.24, 2.45) is 5.73 Å². The zero-order valence-electron chi connectivity index (χ0n) is 18.1. The number of nitrogens with two attached hydrogens (primary N) is 1. The summed E-state index contributed by atoms with van der Waals surface area (Å²) in [4.78, 5) is 63.5. The number of hydrogen-bond donors (Lipinski definition) is 2. The van der Waals surface area contributed by atoms with Gasteiger partial charge in [-0.3, -0.25) is 25.1 Å². The number of hydrogen-bond acceptors (Lipinski definition) is 9. The number of amides is 3. The predicted octanol–water partition coefficient (Wildman–Crippen LogP) is 0.402. The maximum atomic E-state index is 12.6. The van der Waals surface area contributed by atoms with Crippen LogP contribution in [0.25, 0.3) is 0 Å². The number of esters is 2. The molecule has 11 heteroatoms. The molecule has 1 unspecified atom stereocenters. The van der Waals surface area contributed by atoms with Gasteiger partial charge in [-0.25, -0.2) is 14.4 Å². The van der Waals surface area contributed by atoms with Gasteiger partial charge in [-0.2, -0.15) is 0 Å². The second-order valence-corrected chi connectivity index (χ2v) is 8.17. The molecule has 1 aromatic rings. The molecule has 3 N–H and O–H groups in total. The number of likely N-dealkylation sites (tertiary alicyclic amines) is 1. The van der Waals surface area contributed by atoms with Gasteiger partial charge in [-0.05, 0) is 45.7 Å². The number of ether oxygens (including phenoxy) is 2. The SMILES string of the molecule is CC(C)(C)OC(=O)N1CCC[C@H]1C(=O)OC(=O)CN(C(=O)c1ccccc1)C(=O)C(N)O. The highest BCUT2D eigenvalue weighted by molar-refractivity contribution is 6.08. The minimum atomic E-state index is -2.05. The van der Waals surface area contributed by atoms with Gasteiger partial charge in [0.2, 0.25) is 0 Å². The number of benzene rings is 1. The normalized spacial score (nSPS) is 16.8. The van der Waals surface area contributed by atoms with Crippen molar-refractivity contribution in [1.29, 1.82) is 0 Å². The molecular weight excluding hydrogens is 422 g/mol. The van der Waals surface area contributed by atoms with Gasteiger partial charge in [-0.15, -0.1) is 0 Å². The number of carbonyl (C=O) groups is 5. The molecule has 2 rings (SSSR count). The van der Waals surface area contributed by atoms with E-state index in [0.717, 1.165) is 0 Å². The maximum absolute atomic E-state index is 12.6. The van der Waals surface area contributed by atoms with Crippen LogP contribution in [0.2, 0.25) is 0 Å². The van der Waals surface area contributed by atoms with Crippen LogP contribution in [-0.4, -0.2) is 75.7 Å². The number of carbonyl (C=O) groups excluding carboxylic acids is 5. The van der Waals surface area contributed by atoms with Gasteiger partial charge in [0.15, 0.2) is 6.23 Å². The lowest BCUT2D eigenvalue weighted by molar-refractivity contribution is -0.164. The number of rotatable bonds is 5. The van der Waals surface area contributed by atoms with Crippen molar-refractivity contribution in [3.8, 4) is 0 Å². The van der Waals surface area contributed by atoms with E-state index in [9.17, 15) is 29.1 Å². The molecule has 1 aromatic carbocycles. The Morgan fingerprint density at radius 1 is 1.19 bits per heavy atom. The number of imide groups is 1. The maximum Gasteiger partial charge on any atom is 0.411 e. The van der Waals surface area contributed by atoms with Crippen molar-refractivity contribution < 1.29 is 38.6 Å². The Hall–Kier alpha value is -3.31. The fourth-order valence-electron chi connectivity index (χ4n) is 3.04. The molecule has 32 heavy (non-hydrogen) atoms. The molecule has 174 valence electrons. The first-order chi connectivity index (χ1) is 14.9. The van der Waals surface area contributed by atoms with Crippen molar-refractivity contribution in [2.45, 2.75) is 51.5 Å². The van der Waals surface area contributed by atoms with Crippen LogP contribution in [-0.2, 0) is 23.9 Å². The monoisotopic (exact) mass is 449 g/mol. The van der Waals surface area contributed by atoms with E-state index in [1.54, 1.807) is 39.0 Å². The minimum Gasteiger partial charge on any atom is -0.444 e. The Labute approximate surface area is 185 Å². The Morgan fingerprint density at radius 2 is 1.81 bits per heavy atom. The van der Waals surface area contributed by atoms with E-state index >= 15 is 0 Å². The Balaban J connectivity index is 2.08. The van der Waals surface area contributed by atoms with E-state index in [4.69, 9.17) is 15.2 Å². The van der Waals surface area contributed by atoms with Gasteiger partial charge in [-0.1, -0.05) is 18.2 Å². The molecule has 1 aliphatic rings. The fraction of sp³-hybridized carbons (Fsp3) is 0.476. The molecule has 11 nitrogen and oxygen atoms in total. The largest absolute Gasteiger partial charge is 0.444 e. The topological polar surface area (TPSA) is 157 Å².